The molecule has 6 heteroatoms. The number of Topliss-reactive ketones (excluding diaryl/α,β-unsaturated/α-hetero) is 2. The number of esters is 2. The highest BCUT2D eigenvalue weighted by Crippen LogP contribution is 2.44. The Bertz CT molecular complexity index is 676. The molecule has 0 aliphatic carbocycles. The molecule has 3 unspecified atom stereocenters. The normalized spacial score (nSPS) is 23.2. The van der Waals surface area contributed by atoms with Gasteiger partial charge in [-0.1, -0.05) is 30.3 Å². The summed E-state index contributed by atoms with van der Waals surface area (Å²) in [4.78, 5) is 49.3. The Hall–Kier alpha value is -2.50. The van der Waals surface area contributed by atoms with E-state index in [2.05, 4.69) is 0 Å². The number of methoxy groups -OCH3 is 1. The van der Waals surface area contributed by atoms with E-state index in [1.54, 1.807) is 44.2 Å². The summed E-state index contributed by atoms with van der Waals surface area (Å²) in [6, 6.07) is 8.27. The summed E-state index contributed by atoms with van der Waals surface area (Å²) in [6.45, 7) is 4.42. The van der Waals surface area contributed by atoms with E-state index in [4.69, 9.17) is 9.47 Å². The minimum atomic E-state index is -1.24. The Balaban J connectivity index is 2.51. The first-order valence-corrected chi connectivity index (χ1v) is 7.61. The summed E-state index contributed by atoms with van der Waals surface area (Å²) < 4.78 is 10.0. The topological polar surface area (TPSA) is 86.7 Å². The Labute approximate surface area is 140 Å². The smallest absolute Gasteiger partial charge is 0.317 e. The van der Waals surface area contributed by atoms with Crippen LogP contribution in [0.3, 0.4) is 0 Å². The first-order chi connectivity index (χ1) is 11.2. The fourth-order valence-electron chi connectivity index (χ4n) is 3.28. The molecule has 128 valence electrons. The summed E-state index contributed by atoms with van der Waals surface area (Å²) in [6.07, 6.45) is 0. The highest BCUT2D eigenvalue weighted by Gasteiger charge is 2.59. The van der Waals surface area contributed by atoms with Gasteiger partial charge in [-0.3, -0.25) is 19.2 Å². The van der Waals surface area contributed by atoms with Crippen LogP contribution in [-0.2, 0) is 23.9 Å². The lowest BCUT2D eigenvalue weighted by atomic mass is 9.70. The molecule has 1 heterocycles. The quantitative estimate of drug-likeness (QED) is 0.464. The third-order valence-corrected chi connectivity index (χ3v) is 4.37. The van der Waals surface area contributed by atoms with Gasteiger partial charge in [0, 0.05) is 11.5 Å². The molecule has 0 spiro atoms. The zero-order valence-corrected chi connectivity index (χ0v) is 14.1. The summed E-state index contributed by atoms with van der Waals surface area (Å²) >= 11 is 0. The van der Waals surface area contributed by atoms with E-state index in [0.29, 0.717) is 5.56 Å². The zero-order chi connectivity index (χ0) is 18.1. The minimum Gasteiger partial charge on any atom is -0.468 e. The van der Waals surface area contributed by atoms with Gasteiger partial charge in [-0.05, 0) is 20.8 Å². The molecule has 6 nitrogen and oxygen atoms in total. The van der Waals surface area contributed by atoms with Crippen LogP contribution in [0.15, 0.2) is 30.3 Å². The molecule has 0 amide bonds. The molecule has 0 bridgehead atoms. The second-order valence-electron chi connectivity index (χ2n) is 6.37. The molecule has 24 heavy (non-hydrogen) atoms. The van der Waals surface area contributed by atoms with Gasteiger partial charge < -0.3 is 9.47 Å². The minimum absolute atomic E-state index is 0.328. The number of benzene rings is 1. The van der Waals surface area contributed by atoms with Gasteiger partial charge in [-0.15, -0.1) is 0 Å². The van der Waals surface area contributed by atoms with Crippen molar-refractivity contribution in [3.05, 3.63) is 35.9 Å². The van der Waals surface area contributed by atoms with E-state index in [-0.39, 0.29) is 0 Å². The average molecular weight is 332 g/mol. The number of hydrogen-bond acceptors (Lipinski definition) is 6. The van der Waals surface area contributed by atoms with Gasteiger partial charge in [-0.25, -0.2) is 0 Å². The van der Waals surface area contributed by atoms with Crippen molar-refractivity contribution in [2.45, 2.75) is 26.4 Å². The second kappa shape index (κ2) is 6.55. The average Bonchev–Trinajstić information content (AvgIpc) is 2.76. The van der Waals surface area contributed by atoms with E-state index < -0.39 is 46.9 Å². The lowest BCUT2D eigenvalue weighted by Gasteiger charge is -2.30. The Morgan fingerprint density at radius 3 is 2.25 bits per heavy atom. The number of carbonyl (C=O) groups is 4. The van der Waals surface area contributed by atoms with Gasteiger partial charge in [-0.2, -0.15) is 0 Å². The summed E-state index contributed by atoms with van der Waals surface area (Å²) in [5.41, 5.74) is -0.814. The van der Waals surface area contributed by atoms with Crippen LogP contribution in [0.2, 0.25) is 0 Å². The van der Waals surface area contributed by atoms with E-state index in [0.717, 1.165) is 7.11 Å². The van der Waals surface area contributed by atoms with Crippen molar-refractivity contribution in [3.63, 3.8) is 0 Å². The van der Waals surface area contributed by atoms with Crippen LogP contribution >= 0.6 is 0 Å². The number of ketones is 2. The van der Waals surface area contributed by atoms with Crippen molar-refractivity contribution < 1.29 is 28.7 Å². The van der Waals surface area contributed by atoms with Crippen LogP contribution in [-0.4, -0.2) is 36.2 Å². The number of cyclic esters (lactones) is 1. The molecule has 0 radical (unpaired) electrons. The number of rotatable bonds is 5. The molecular weight excluding hydrogens is 312 g/mol. The molecule has 0 aromatic heterocycles. The van der Waals surface area contributed by atoms with Gasteiger partial charge in [0.05, 0.1) is 7.11 Å². The molecule has 1 aromatic carbocycles. The van der Waals surface area contributed by atoms with Crippen molar-refractivity contribution in [1.29, 1.82) is 0 Å². The van der Waals surface area contributed by atoms with E-state index >= 15 is 0 Å². The molecular formula is C18H20O6. The highest BCUT2D eigenvalue weighted by atomic mass is 16.6. The predicted octanol–water partition coefficient (Wildman–Crippen LogP) is 1.82. The summed E-state index contributed by atoms with van der Waals surface area (Å²) in [7, 11) is 1.16. The van der Waals surface area contributed by atoms with Gasteiger partial charge in [0.25, 0.3) is 0 Å². The van der Waals surface area contributed by atoms with Crippen molar-refractivity contribution in [3.8, 4) is 0 Å². The Morgan fingerprint density at radius 1 is 1.17 bits per heavy atom. The SMILES string of the molecule is COC(=O)C(C(C)=O)C1C(C(=O)c2ccccc2)C(=O)OC1(C)C. The Kier molecular flexibility index (Phi) is 4.87. The van der Waals surface area contributed by atoms with Crippen molar-refractivity contribution in [2.24, 2.45) is 17.8 Å². The van der Waals surface area contributed by atoms with E-state index in [1.165, 1.54) is 6.92 Å². The molecule has 1 saturated heterocycles. The monoisotopic (exact) mass is 332 g/mol. The van der Waals surface area contributed by atoms with Gasteiger partial charge in [0.1, 0.15) is 23.2 Å². The Morgan fingerprint density at radius 2 is 1.75 bits per heavy atom. The maximum absolute atomic E-state index is 12.8. The number of ether oxygens (including phenoxy) is 2. The molecule has 0 saturated carbocycles. The second-order valence-corrected chi connectivity index (χ2v) is 6.37. The summed E-state index contributed by atoms with van der Waals surface area (Å²) in [5, 5.41) is 0. The third-order valence-electron chi connectivity index (χ3n) is 4.37. The van der Waals surface area contributed by atoms with Gasteiger partial charge >= 0.3 is 11.9 Å². The maximum Gasteiger partial charge on any atom is 0.317 e. The first-order valence-electron chi connectivity index (χ1n) is 7.61. The standard InChI is InChI=1S/C18H20O6/c1-10(19)12(16(21)23-4)14-13(17(22)24-18(14,2)3)15(20)11-8-6-5-7-9-11/h5-9,12-14H,1-4H3. The highest BCUT2D eigenvalue weighted by molar-refractivity contribution is 6.11. The molecule has 1 aromatic rings. The third kappa shape index (κ3) is 3.09. The van der Waals surface area contributed by atoms with Crippen LogP contribution in [0.4, 0.5) is 0 Å². The van der Waals surface area contributed by atoms with E-state index in [1.807, 2.05) is 0 Å². The molecule has 1 aliphatic rings. The predicted molar refractivity (Wildman–Crippen MR) is 84.1 cm³/mol. The lowest BCUT2D eigenvalue weighted by Crippen LogP contribution is -2.45. The van der Waals surface area contributed by atoms with E-state index in [9.17, 15) is 19.2 Å². The molecule has 3 atom stereocenters. The largest absolute Gasteiger partial charge is 0.468 e. The van der Waals surface area contributed by atoms with Crippen molar-refractivity contribution >= 4 is 23.5 Å². The van der Waals surface area contributed by atoms with Crippen LogP contribution in [0.25, 0.3) is 0 Å². The van der Waals surface area contributed by atoms with Crippen LogP contribution in [0.5, 0.6) is 0 Å². The van der Waals surface area contributed by atoms with Crippen LogP contribution < -0.4 is 0 Å². The zero-order valence-electron chi connectivity index (χ0n) is 14.1. The molecule has 2 rings (SSSR count). The molecule has 0 N–H and O–H groups in total. The molecule has 1 aliphatic heterocycles. The summed E-state index contributed by atoms with van der Waals surface area (Å²) in [5.74, 6) is -5.83. The van der Waals surface area contributed by atoms with Gasteiger partial charge in [0.15, 0.2) is 5.78 Å². The fourth-order valence-corrected chi connectivity index (χ4v) is 3.28. The number of hydrogen-bond donors (Lipinski definition) is 0. The fraction of sp³-hybridized carbons (Fsp3) is 0.444. The van der Waals surface area contributed by atoms with Crippen molar-refractivity contribution in [2.75, 3.05) is 7.11 Å². The maximum atomic E-state index is 12.8. The molecule has 1 fully saturated rings. The van der Waals surface area contributed by atoms with Crippen LogP contribution in [0.1, 0.15) is 31.1 Å². The lowest BCUT2D eigenvalue weighted by molar-refractivity contribution is -0.156. The van der Waals surface area contributed by atoms with Crippen LogP contribution in [0, 0.1) is 17.8 Å². The van der Waals surface area contributed by atoms with Crippen molar-refractivity contribution in [1.82, 2.24) is 0 Å². The first kappa shape index (κ1) is 17.8. The van der Waals surface area contributed by atoms with Gasteiger partial charge in [0.2, 0.25) is 0 Å². The number of carbonyl (C=O) groups excluding carboxylic acids is 4.